The second-order valence-electron chi connectivity index (χ2n) is 7.04. The van der Waals surface area contributed by atoms with E-state index in [1.54, 1.807) is 12.1 Å². The molecule has 0 radical (unpaired) electrons. The number of aliphatic hydroxyl groups is 1. The Morgan fingerprint density at radius 1 is 1.22 bits per heavy atom. The molecular formula is C18H23N5O3S. The zero-order valence-electron chi connectivity index (χ0n) is 14.9. The molecule has 0 amide bonds. The van der Waals surface area contributed by atoms with Crippen LogP contribution in [0.4, 0.5) is 11.6 Å². The zero-order chi connectivity index (χ0) is 19.0. The third kappa shape index (κ3) is 4.05. The normalized spacial score (nSPS) is 16.9. The highest BCUT2D eigenvalue weighted by Gasteiger charge is 2.28. The van der Waals surface area contributed by atoms with Crippen molar-refractivity contribution in [1.29, 1.82) is 0 Å². The van der Waals surface area contributed by atoms with Crippen molar-refractivity contribution in [2.75, 3.05) is 29.9 Å². The van der Waals surface area contributed by atoms with Gasteiger partial charge in [-0.2, -0.15) is 0 Å². The van der Waals surface area contributed by atoms with E-state index in [9.17, 15) is 8.42 Å². The highest BCUT2D eigenvalue weighted by Crippen LogP contribution is 2.39. The van der Waals surface area contributed by atoms with Crippen LogP contribution in [0.15, 0.2) is 29.2 Å². The number of fused-ring (bicyclic) bond motifs is 1. The maximum atomic E-state index is 11.7. The number of hydrogen-bond donors (Lipinski definition) is 3. The van der Waals surface area contributed by atoms with Gasteiger partial charge in [-0.3, -0.25) is 0 Å². The number of nitrogens with two attached hydrogens (primary N) is 1. The lowest BCUT2D eigenvalue weighted by Gasteiger charge is -2.30. The Morgan fingerprint density at radius 2 is 2.04 bits per heavy atom. The average molecular weight is 389 g/mol. The smallest absolute Gasteiger partial charge is 0.238 e. The molecule has 1 aromatic heterocycles. The van der Waals surface area contributed by atoms with Gasteiger partial charge in [-0.1, -0.05) is 6.07 Å². The van der Waals surface area contributed by atoms with E-state index in [2.05, 4.69) is 15.2 Å². The predicted molar refractivity (Wildman–Crippen MR) is 102 cm³/mol. The molecule has 4 N–H and O–H groups in total. The lowest BCUT2D eigenvalue weighted by molar-refractivity contribution is 0.311. The van der Waals surface area contributed by atoms with Crippen molar-refractivity contribution >= 4 is 21.7 Å². The highest BCUT2D eigenvalue weighted by atomic mass is 32.2. The number of hydrogen-bond acceptors (Lipinski definition) is 7. The standard InChI is InChI=1S/C18H23N5O3S/c19-27(25,26)15-4-3-12-5-7-23(11-14(12)9-15)17-10-16(20-6-8-24)21-18(22-17)13-1-2-13/h3-4,9-10,13,24H,1-2,5-8,11H2,(H2,19,25,26)(H,20,21,22). The van der Waals surface area contributed by atoms with Gasteiger partial charge >= 0.3 is 0 Å². The molecule has 0 saturated heterocycles. The highest BCUT2D eigenvalue weighted by molar-refractivity contribution is 7.89. The Balaban J connectivity index is 1.63. The third-order valence-electron chi connectivity index (χ3n) is 4.93. The van der Waals surface area contributed by atoms with E-state index in [0.29, 0.717) is 24.8 Å². The number of aliphatic hydroxyl groups excluding tert-OH is 1. The SMILES string of the molecule is NS(=O)(=O)c1ccc2c(c1)CN(c1cc(NCCO)nc(C3CC3)n1)CC2. The van der Waals surface area contributed by atoms with Crippen molar-refractivity contribution in [2.45, 2.75) is 36.6 Å². The molecule has 27 heavy (non-hydrogen) atoms. The minimum Gasteiger partial charge on any atom is -0.395 e. The van der Waals surface area contributed by atoms with Gasteiger partial charge in [0.15, 0.2) is 0 Å². The topological polar surface area (TPSA) is 121 Å². The van der Waals surface area contributed by atoms with Crippen LogP contribution in [-0.2, 0) is 23.0 Å². The molecule has 1 saturated carbocycles. The molecule has 1 aliphatic carbocycles. The molecule has 9 heteroatoms. The molecular weight excluding hydrogens is 366 g/mol. The van der Waals surface area contributed by atoms with E-state index in [1.165, 1.54) is 0 Å². The lowest BCUT2D eigenvalue weighted by Crippen LogP contribution is -2.31. The van der Waals surface area contributed by atoms with Gasteiger partial charge in [-0.05, 0) is 42.5 Å². The van der Waals surface area contributed by atoms with Gasteiger partial charge in [0.1, 0.15) is 17.5 Å². The number of benzene rings is 1. The van der Waals surface area contributed by atoms with Gasteiger partial charge < -0.3 is 15.3 Å². The van der Waals surface area contributed by atoms with Crippen molar-refractivity contribution in [3.05, 3.63) is 41.2 Å². The summed E-state index contributed by atoms with van der Waals surface area (Å²) >= 11 is 0. The van der Waals surface area contributed by atoms with Gasteiger partial charge in [0.2, 0.25) is 10.0 Å². The second-order valence-corrected chi connectivity index (χ2v) is 8.60. The quantitative estimate of drug-likeness (QED) is 0.673. The molecule has 0 bridgehead atoms. The third-order valence-corrected chi connectivity index (χ3v) is 5.84. The maximum Gasteiger partial charge on any atom is 0.238 e. The zero-order valence-corrected chi connectivity index (χ0v) is 15.7. The molecule has 0 atom stereocenters. The van der Waals surface area contributed by atoms with E-state index in [1.807, 2.05) is 12.1 Å². The fourth-order valence-electron chi connectivity index (χ4n) is 3.32. The van der Waals surface area contributed by atoms with Crippen LogP contribution in [0, 0.1) is 0 Å². The summed E-state index contributed by atoms with van der Waals surface area (Å²) in [5.74, 6) is 2.77. The maximum absolute atomic E-state index is 11.7. The number of nitrogens with zero attached hydrogens (tertiary/aromatic N) is 3. The summed E-state index contributed by atoms with van der Waals surface area (Å²) in [6.07, 6.45) is 3.01. The van der Waals surface area contributed by atoms with Crippen molar-refractivity contribution in [2.24, 2.45) is 5.14 Å². The van der Waals surface area contributed by atoms with Crippen molar-refractivity contribution in [1.82, 2.24) is 9.97 Å². The van der Waals surface area contributed by atoms with E-state index in [4.69, 9.17) is 15.2 Å². The summed E-state index contributed by atoms with van der Waals surface area (Å²) in [5, 5.41) is 17.5. The summed E-state index contributed by atoms with van der Waals surface area (Å²) in [4.78, 5) is 11.6. The van der Waals surface area contributed by atoms with Crippen molar-refractivity contribution < 1.29 is 13.5 Å². The summed E-state index contributed by atoms with van der Waals surface area (Å²) in [7, 11) is -3.72. The van der Waals surface area contributed by atoms with Crippen LogP contribution in [-0.4, -0.2) is 43.2 Å². The first-order valence-electron chi connectivity index (χ1n) is 9.07. The van der Waals surface area contributed by atoms with E-state index in [0.717, 1.165) is 48.6 Å². The number of rotatable bonds is 6. The molecule has 4 rings (SSSR count). The van der Waals surface area contributed by atoms with E-state index < -0.39 is 10.0 Å². The van der Waals surface area contributed by atoms with Gasteiger partial charge in [0, 0.05) is 31.6 Å². The van der Waals surface area contributed by atoms with Gasteiger partial charge in [0.05, 0.1) is 11.5 Å². The molecule has 1 fully saturated rings. The van der Waals surface area contributed by atoms with Crippen LogP contribution in [0.1, 0.15) is 35.7 Å². The second kappa shape index (κ2) is 7.06. The molecule has 1 aliphatic heterocycles. The largest absolute Gasteiger partial charge is 0.395 e. The molecule has 8 nitrogen and oxygen atoms in total. The molecule has 2 heterocycles. The predicted octanol–water partition coefficient (Wildman–Crippen LogP) is 0.968. The molecule has 144 valence electrons. The number of primary sulfonamides is 1. The van der Waals surface area contributed by atoms with Gasteiger partial charge in [-0.25, -0.2) is 23.5 Å². The van der Waals surface area contributed by atoms with Crippen LogP contribution in [0.5, 0.6) is 0 Å². The van der Waals surface area contributed by atoms with E-state index in [-0.39, 0.29) is 11.5 Å². The summed E-state index contributed by atoms with van der Waals surface area (Å²) < 4.78 is 23.3. The number of sulfonamides is 1. The van der Waals surface area contributed by atoms with Crippen LogP contribution in [0.25, 0.3) is 0 Å². The summed E-state index contributed by atoms with van der Waals surface area (Å²) in [6.45, 7) is 1.83. The summed E-state index contributed by atoms with van der Waals surface area (Å²) in [6, 6.07) is 6.95. The lowest BCUT2D eigenvalue weighted by atomic mass is 10.00. The first-order chi connectivity index (χ1) is 12.9. The van der Waals surface area contributed by atoms with Crippen molar-refractivity contribution in [3.63, 3.8) is 0 Å². The average Bonchev–Trinajstić information content (AvgIpc) is 3.50. The fraction of sp³-hybridized carbons (Fsp3) is 0.444. The summed E-state index contributed by atoms with van der Waals surface area (Å²) in [5.41, 5.74) is 2.08. The van der Waals surface area contributed by atoms with Crippen LogP contribution < -0.4 is 15.4 Å². The Kier molecular flexibility index (Phi) is 4.75. The Labute approximate surface area is 158 Å². The van der Waals surface area contributed by atoms with E-state index >= 15 is 0 Å². The fourth-order valence-corrected chi connectivity index (χ4v) is 3.88. The van der Waals surface area contributed by atoms with Gasteiger partial charge in [-0.15, -0.1) is 0 Å². The Bertz CT molecular complexity index is 959. The monoisotopic (exact) mass is 389 g/mol. The number of anilines is 2. The van der Waals surface area contributed by atoms with Crippen LogP contribution >= 0.6 is 0 Å². The minimum atomic E-state index is -3.72. The Hall–Kier alpha value is -2.23. The molecule has 2 aliphatic rings. The molecule has 2 aromatic rings. The Morgan fingerprint density at radius 3 is 2.74 bits per heavy atom. The first kappa shape index (κ1) is 18.1. The first-order valence-corrected chi connectivity index (χ1v) is 10.6. The number of nitrogens with one attached hydrogen (secondary N) is 1. The molecule has 1 aromatic carbocycles. The minimum absolute atomic E-state index is 0.0333. The van der Waals surface area contributed by atoms with Gasteiger partial charge in [0.25, 0.3) is 0 Å². The number of aromatic nitrogens is 2. The molecule has 0 spiro atoms. The molecule has 0 unspecified atom stereocenters. The van der Waals surface area contributed by atoms with Crippen LogP contribution in [0.2, 0.25) is 0 Å². The van der Waals surface area contributed by atoms with Crippen molar-refractivity contribution in [3.8, 4) is 0 Å². The van der Waals surface area contributed by atoms with Crippen LogP contribution in [0.3, 0.4) is 0 Å².